The lowest BCUT2D eigenvalue weighted by atomic mass is 9.95. The number of rotatable bonds is 16. The number of fused-ring (bicyclic) bond motifs is 1. The molecule has 0 aliphatic carbocycles. The maximum Gasteiger partial charge on any atom is 0.349 e. The molecule has 3 fully saturated rings. The van der Waals surface area contributed by atoms with E-state index >= 15 is 0 Å². The Balaban J connectivity index is 1.44. The predicted molar refractivity (Wildman–Crippen MR) is 263 cm³/mol. The summed E-state index contributed by atoms with van der Waals surface area (Å²) in [7, 11) is -4.15. The van der Waals surface area contributed by atoms with Gasteiger partial charge < -0.3 is 51.2 Å². The van der Waals surface area contributed by atoms with Crippen LogP contribution in [-0.2, 0) is 75.8 Å². The molecule has 10 atom stereocenters. The van der Waals surface area contributed by atoms with E-state index in [0.29, 0.717) is 6.61 Å². The van der Waals surface area contributed by atoms with Gasteiger partial charge in [0.25, 0.3) is 0 Å². The predicted octanol–water partition coefficient (Wildman–Crippen LogP) is 10.7. The number of benzene rings is 3. The van der Waals surface area contributed by atoms with Crippen molar-refractivity contribution in [3.63, 3.8) is 0 Å². The Kier molecular flexibility index (Phi) is 17.3. The molecule has 12 nitrogen and oxygen atoms in total. The van der Waals surface area contributed by atoms with E-state index in [2.05, 4.69) is 75.4 Å². The first-order valence-electron chi connectivity index (χ1n) is 24.0. The SMILES string of the molecule is CO[C@@H]1O[C@H](COCc2ccccc2)[C@@H](OCc2ccccc2)[C@H](OCc2ccccc2)[C@H]1O[C@H]1O[C@@H]2CO[Si](C(C)(C)C)(C(C)(C)C)O[C@H]2[C@H](O[Si](C)(C)C(C)(C)C)[C@@H]1OC(=O)C(C)(C)C. The second kappa shape index (κ2) is 21.7. The molecule has 3 aromatic carbocycles. The maximum absolute atomic E-state index is 14.3. The third-order valence-electron chi connectivity index (χ3n) is 13.5. The summed E-state index contributed by atoms with van der Waals surface area (Å²) < 4.78 is 76.2. The Bertz CT molecular complexity index is 1980. The second-order valence-electron chi connectivity index (χ2n) is 22.9. The van der Waals surface area contributed by atoms with Crippen molar-refractivity contribution in [3.05, 3.63) is 108 Å². The van der Waals surface area contributed by atoms with Gasteiger partial charge in [-0.15, -0.1) is 0 Å². The zero-order chi connectivity index (χ0) is 49.0. The van der Waals surface area contributed by atoms with Gasteiger partial charge in [0.1, 0.15) is 42.7 Å². The van der Waals surface area contributed by atoms with Gasteiger partial charge in [-0.2, -0.15) is 0 Å². The molecule has 3 heterocycles. The quantitative estimate of drug-likeness (QED) is 0.100. The van der Waals surface area contributed by atoms with Gasteiger partial charge >= 0.3 is 14.5 Å². The van der Waals surface area contributed by atoms with Gasteiger partial charge in [-0.25, -0.2) is 0 Å². The third kappa shape index (κ3) is 12.7. The van der Waals surface area contributed by atoms with Crippen molar-refractivity contribution in [2.24, 2.45) is 5.41 Å². The van der Waals surface area contributed by atoms with Crippen LogP contribution in [0.2, 0.25) is 28.2 Å². The topological polar surface area (TPSA) is 119 Å². The Morgan fingerprint density at radius 1 is 0.642 bits per heavy atom. The van der Waals surface area contributed by atoms with E-state index < -0.39 is 89.7 Å². The molecule has 0 saturated carbocycles. The molecule has 0 amide bonds. The number of ether oxygens (including phenoxy) is 8. The van der Waals surface area contributed by atoms with E-state index in [4.69, 9.17) is 51.2 Å². The molecule has 3 aromatic rings. The molecule has 0 bridgehead atoms. The summed E-state index contributed by atoms with van der Waals surface area (Å²) in [6, 6.07) is 29.9. The van der Waals surface area contributed by atoms with Crippen LogP contribution in [0.5, 0.6) is 0 Å². The smallest absolute Gasteiger partial charge is 0.349 e. The lowest BCUT2D eigenvalue weighted by molar-refractivity contribution is -0.374. The zero-order valence-electron chi connectivity index (χ0n) is 42.9. The fourth-order valence-electron chi connectivity index (χ4n) is 8.97. The molecule has 0 radical (unpaired) electrons. The Hall–Kier alpha value is -2.84. The number of carbonyl (C=O) groups is 1. The van der Waals surface area contributed by atoms with Crippen molar-refractivity contribution in [1.29, 1.82) is 0 Å². The van der Waals surface area contributed by atoms with Crippen LogP contribution in [0.25, 0.3) is 0 Å². The molecule has 372 valence electrons. The lowest BCUT2D eigenvalue weighted by Crippen LogP contribution is -2.73. The monoisotopic (exact) mass is 965 g/mol. The molecule has 0 unspecified atom stereocenters. The molecular weight excluding hydrogens is 885 g/mol. The van der Waals surface area contributed by atoms with Crippen LogP contribution in [0.15, 0.2) is 91.0 Å². The first-order valence-corrected chi connectivity index (χ1v) is 28.7. The number of hydrogen-bond donors (Lipinski definition) is 0. The molecule has 0 aromatic heterocycles. The van der Waals surface area contributed by atoms with E-state index in [1.165, 1.54) is 0 Å². The van der Waals surface area contributed by atoms with Gasteiger partial charge in [-0.05, 0) is 55.6 Å². The highest BCUT2D eigenvalue weighted by molar-refractivity contribution is 6.74. The average molecular weight is 965 g/mol. The van der Waals surface area contributed by atoms with Crippen molar-refractivity contribution >= 4 is 22.8 Å². The molecule has 67 heavy (non-hydrogen) atoms. The molecule has 14 heteroatoms. The largest absolute Gasteiger partial charge is 0.454 e. The standard InChI is InChI=1S/C53H80O12Si2/c1-50(2,3)49(54)63-46-44(64-66(14,15)51(4,5)6)42-40(35-59-67(65-42,52(7,8)9)53(10,11)12)61-48(46)62-45-43(58-33-38-29-23-18-24-30-38)41(57-32-37-27-21-17-22-28-37)39(60-47(45)55-13)34-56-31-36-25-19-16-20-26-36/h16-30,39-48H,31-35H2,1-15H3/t39-,40-,41-,42-,43+,44+,45-,46+,47-,48-/m1/s1. The van der Waals surface area contributed by atoms with E-state index in [1.54, 1.807) is 7.11 Å². The number of esters is 1. The van der Waals surface area contributed by atoms with Crippen LogP contribution in [0.4, 0.5) is 0 Å². The highest BCUT2D eigenvalue weighted by Gasteiger charge is 2.66. The molecule has 6 rings (SSSR count). The summed E-state index contributed by atoms with van der Waals surface area (Å²) in [5, 5.41) is -0.889. The van der Waals surface area contributed by atoms with Gasteiger partial charge in [0.15, 0.2) is 27.0 Å². The minimum Gasteiger partial charge on any atom is -0.454 e. The van der Waals surface area contributed by atoms with Crippen LogP contribution in [0.3, 0.4) is 0 Å². The number of methoxy groups -OCH3 is 1. The first kappa shape index (κ1) is 53.5. The summed E-state index contributed by atoms with van der Waals surface area (Å²) in [6.07, 6.45) is -8.54. The minimum atomic E-state index is -3.10. The van der Waals surface area contributed by atoms with Crippen LogP contribution >= 0.6 is 0 Å². The lowest BCUT2D eigenvalue weighted by Gasteiger charge is -2.59. The van der Waals surface area contributed by atoms with Crippen molar-refractivity contribution in [1.82, 2.24) is 0 Å². The van der Waals surface area contributed by atoms with E-state index in [9.17, 15) is 4.79 Å². The summed E-state index contributed by atoms with van der Waals surface area (Å²) in [6.45, 7) is 30.8. The Morgan fingerprint density at radius 2 is 1.15 bits per heavy atom. The first-order chi connectivity index (χ1) is 31.3. The second-order valence-corrected chi connectivity index (χ2v) is 32.4. The summed E-state index contributed by atoms with van der Waals surface area (Å²) in [5.41, 5.74) is 2.09. The third-order valence-corrected chi connectivity index (χ3v) is 23.1. The summed E-state index contributed by atoms with van der Waals surface area (Å²) >= 11 is 0. The van der Waals surface area contributed by atoms with E-state index in [0.717, 1.165) is 16.7 Å². The molecular formula is C53H80O12Si2. The van der Waals surface area contributed by atoms with Crippen molar-refractivity contribution in [2.75, 3.05) is 20.3 Å². The van der Waals surface area contributed by atoms with E-state index in [1.807, 2.05) is 112 Å². The van der Waals surface area contributed by atoms with Crippen LogP contribution in [0.1, 0.15) is 99.8 Å². The zero-order valence-corrected chi connectivity index (χ0v) is 44.9. The normalized spacial score (nSPS) is 28.4. The molecule has 3 aliphatic heterocycles. The Labute approximate surface area is 403 Å². The van der Waals surface area contributed by atoms with Gasteiger partial charge in [0.05, 0.1) is 38.4 Å². The highest BCUT2D eigenvalue weighted by Crippen LogP contribution is 2.56. The van der Waals surface area contributed by atoms with E-state index in [-0.39, 0.29) is 41.5 Å². The highest BCUT2D eigenvalue weighted by atomic mass is 28.4. The number of carbonyl (C=O) groups excluding carboxylic acids is 1. The fourth-order valence-corrected chi connectivity index (χ4v) is 15.2. The Morgan fingerprint density at radius 3 is 1.63 bits per heavy atom. The van der Waals surface area contributed by atoms with Gasteiger partial charge in [0.2, 0.25) is 0 Å². The average Bonchev–Trinajstić information content (AvgIpc) is 3.26. The summed E-state index contributed by atoms with van der Waals surface area (Å²) in [4.78, 5) is 14.3. The van der Waals surface area contributed by atoms with Crippen LogP contribution in [-0.4, -0.2) is 105 Å². The summed E-state index contributed by atoms with van der Waals surface area (Å²) in [5.74, 6) is -0.432. The fraction of sp³-hybridized carbons (Fsp3) is 0.642. The number of hydrogen-bond acceptors (Lipinski definition) is 12. The van der Waals surface area contributed by atoms with Crippen molar-refractivity contribution < 1.29 is 56.0 Å². The molecule has 3 saturated heterocycles. The maximum atomic E-state index is 14.3. The van der Waals surface area contributed by atoms with Gasteiger partial charge in [-0.1, -0.05) is 153 Å². The van der Waals surface area contributed by atoms with Gasteiger partial charge in [0, 0.05) is 17.2 Å². The molecule has 3 aliphatic rings. The van der Waals surface area contributed by atoms with Crippen LogP contribution in [0, 0.1) is 5.41 Å². The van der Waals surface area contributed by atoms with Crippen molar-refractivity contribution in [3.8, 4) is 0 Å². The minimum absolute atomic E-state index is 0.173. The van der Waals surface area contributed by atoms with Crippen LogP contribution < -0.4 is 0 Å². The molecule has 0 N–H and O–H groups in total. The van der Waals surface area contributed by atoms with Crippen molar-refractivity contribution in [2.45, 2.75) is 193 Å². The van der Waals surface area contributed by atoms with Gasteiger partial charge in [-0.3, -0.25) is 4.79 Å². The molecule has 0 spiro atoms.